The molecule has 0 bridgehead atoms. The molecule has 2 aromatic heterocycles. The fraction of sp³-hybridized carbons (Fsp3) is 0.308. The van der Waals surface area contributed by atoms with Crippen LogP contribution in [0.15, 0.2) is 58.1 Å². The Hall–Kier alpha value is -3.58. The van der Waals surface area contributed by atoms with Crippen molar-refractivity contribution in [2.45, 2.75) is 32.4 Å². The number of aromatic nitrogens is 3. The number of benzene rings is 2. The fourth-order valence-electron chi connectivity index (χ4n) is 5.00. The van der Waals surface area contributed by atoms with Crippen molar-refractivity contribution >= 4 is 10.9 Å². The fourth-order valence-corrected chi connectivity index (χ4v) is 5.00. The first-order chi connectivity index (χ1) is 15.6. The van der Waals surface area contributed by atoms with E-state index in [1.54, 1.807) is 25.2 Å². The number of ether oxygens (including phenoxy) is 1. The highest BCUT2D eigenvalue weighted by Gasteiger charge is 2.40. The van der Waals surface area contributed by atoms with Crippen molar-refractivity contribution < 1.29 is 9.84 Å². The molecule has 0 unspecified atom stereocenters. The number of rotatable bonds is 2. The van der Waals surface area contributed by atoms with Gasteiger partial charge in [0.15, 0.2) is 0 Å². The van der Waals surface area contributed by atoms with Gasteiger partial charge in [0.2, 0.25) is 0 Å². The van der Waals surface area contributed by atoms with E-state index in [-0.39, 0.29) is 11.3 Å². The Bertz CT molecular complexity index is 1540. The SMILES string of the molecule is Cc1cccc(-c2c3c(=O)n(C)c(=O)n(C)c3c3n2C(C)(C)CO[C@@H]3c2cccc(O)c2)c1. The Morgan fingerprint density at radius 3 is 2.45 bits per heavy atom. The summed E-state index contributed by atoms with van der Waals surface area (Å²) in [5.74, 6) is 0.132. The summed E-state index contributed by atoms with van der Waals surface area (Å²) in [4.78, 5) is 26.5. The molecule has 3 heterocycles. The van der Waals surface area contributed by atoms with Crippen LogP contribution in [0.4, 0.5) is 0 Å². The molecule has 1 atom stereocenters. The zero-order valence-electron chi connectivity index (χ0n) is 19.4. The van der Waals surface area contributed by atoms with Crippen LogP contribution in [-0.4, -0.2) is 25.4 Å². The molecule has 7 heteroatoms. The van der Waals surface area contributed by atoms with Crippen molar-refractivity contribution in [2.75, 3.05) is 6.61 Å². The van der Waals surface area contributed by atoms with E-state index < -0.39 is 17.3 Å². The van der Waals surface area contributed by atoms with Gasteiger partial charge in [0.05, 0.1) is 34.4 Å². The molecule has 0 amide bonds. The molecule has 7 nitrogen and oxygen atoms in total. The zero-order chi connectivity index (χ0) is 23.7. The third-order valence-corrected chi connectivity index (χ3v) is 6.53. The number of phenolic OH excluding ortho intramolecular Hbond substituents is 1. The second-order valence-corrected chi connectivity index (χ2v) is 9.47. The van der Waals surface area contributed by atoms with E-state index in [0.717, 1.165) is 32.6 Å². The van der Waals surface area contributed by atoms with Crippen LogP contribution < -0.4 is 11.2 Å². The molecular weight excluding hydrogens is 418 g/mol. The van der Waals surface area contributed by atoms with Gasteiger partial charge < -0.3 is 14.4 Å². The maximum atomic E-state index is 13.6. The second-order valence-electron chi connectivity index (χ2n) is 9.47. The van der Waals surface area contributed by atoms with Crippen LogP contribution in [0.5, 0.6) is 5.75 Å². The van der Waals surface area contributed by atoms with Crippen molar-refractivity contribution in [3.8, 4) is 17.0 Å². The quantitative estimate of drug-likeness (QED) is 0.512. The van der Waals surface area contributed by atoms with Gasteiger partial charge in [-0.25, -0.2) is 4.79 Å². The second kappa shape index (κ2) is 7.22. The summed E-state index contributed by atoms with van der Waals surface area (Å²) < 4.78 is 11.2. The highest BCUT2D eigenvalue weighted by atomic mass is 16.5. The average molecular weight is 446 g/mol. The summed E-state index contributed by atoms with van der Waals surface area (Å²) >= 11 is 0. The van der Waals surface area contributed by atoms with Crippen molar-refractivity contribution in [2.24, 2.45) is 14.1 Å². The number of nitrogens with zero attached hydrogens (tertiary/aromatic N) is 3. The molecule has 1 N–H and O–H groups in total. The van der Waals surface area contributed by atoms with Gasteiger partial charge in [0.1, 0.15) is 11.9 Å². The zero-order valence-corrected chi connectivity index (χ0v) is 19.4. The highest BCUT2D eigenvalue weighted by molar-refractivity contribution is 5.97. The summed E-state index contributed by atoms with van der Waals surface area (Å²) in [6.07, 6.45) is -0.552. The summed E-state index contributed by atoms with van der Waals surface area (Å²) in [7, 11) is 3.20. The molecular formula is C26H27N3O4. The van der Waals surface area contributed by atoms with Crippen LogP contribution in [0.1, 0.15) is 36.8 Å². The van der Waals surface area contributed by atoms with Crippen LogP contribution in [0, 0.1) is 6.92 Å². The molecule has 170 valence electrons. The van der Waals surface area contributed by atoms with E-state index in [1.807, 2.05) is 31.2 Å². The molecule has 1 aliphatic rings. The van der Waals surface area contributed by atoms with Gasteiger partial charge in [-0.2, -0.15) is 0 Å². The lowest BCUT2D eigenvalue weighted by atomic mass is 9.97. The summed E-state index contributed by atoms with van der Waals surface area (Å²) in [5.41, 5.74) is 3.60. The largest absolute Gasteiger partial charge is 0.508 e. The van der Waals surface area contributed by atoms with E-state index in [9.17, 15) is 14.7 Å². The molecule has 1 aliphatic heterocycles. The van der Waals surface area contributed by atoms with Crippen molar-refractivity contribution in [1.82, 2.24) is 13.7 Å². The van der Waals surface area contributed by atoms with Crippen molar-refractivity contribution in [3.63, 3.8) is 0 Å². The minimum Gasteiger partial charge on any atom is -0.508 e. The number of fused-ring (bicyclic) bond motifs is 3. The lowest BCUT2D eigenvalue weighted by Gasteiger charge is -2.39. The molecule has 2 aromatic carbocycles. The average Bonchev–Trinajstić information content (AvgIpc) is 3.14. The van der Waals surface area contributed by atoms with Gasteiger partial charge in [-0.1, -0.05) is 35.9 Å². The standard InChI is InChI=1S/C26H27N3O4/c1-15-8-6-9-16(12-15)20-19-21(27(4)25(32)28(5)24(19)31)22-23(17-10-7-11-18(30)13-17)33-14-26(2,3)29(20)22/h6-13,23,30H,14H2,1-5H3/t23-/m1/s1. The normalized spacial score (nSPS) is 17.3. The molecule has 0 aliphatic carbocycles. The Morgan fingerprint density at radius 1 is 1.03 bits per heavy atom. The summed E-state index contributed by atoms with van der Waals surface area (Å²) in [6, 6.07) is 15.0. The third-order valence-electron chi connectivity index (χ3n) is 6.53. The Morgan fingerprint density at radius 2 is 1.76 bits per heavy atom. The van der Waals surface area contributed by atoms with Gasteiger partial charge in [-0.3, -0.25) is 13.9 Å². The number of aryl methyl sites for hydroxylation is 2. The molecule has 0 radical (unpaired) electrons. The predicted molar refractivity (Wildman–Crippen MR) is 128 cm³/mol. The minimum absolute atomic E-state index is 0.132. The summed E-state index contributed by atoms with van der Waals surface area (Å²) in [5, 5.41) is 10.6. The molecule has 4 aromatic rings. The smallest absolute Gasteiger partial charge is 0.331 e. The Balaban J connectivity index is 2.03. The lowest BCUT2D eigenvalue weighted by Crippen LogP contribution is -2.40. The van der Waals surface area contributed by atoms with Crippen LogP contribution in [-0.2, 0) is 24.4 Å². The van der Waals surface area contributed by atoms with E-state index in [4.69, 9.17) is 4.74 Å². The number of phenols is 1. The van der Waals surface area contributed by atoms with Gasteiger partial charge in [0.25, 0.3) is 5.56 Å². The topological polar surface area (TPSA) is 78.4 Å². The van der Waals surface area contributed by atoms with Crippen LogP contribution in [0.2, 0.25) is 0 Å². The van der Waals surface area contributed by atoms with Crippen LogP contribution in [0.3, 0.4) is 0 Å². The first kappa shape index (κ1) is 21.3. The molecule has 0 saturated carbocycles. The first-order valence-electron chi connectivity index (χ1n) is 10.9. The lowest BCUT2D eigenvalue weighted by molar-refractivity contribution is -0.00714. The molecule has 0 fully saturated rings. The number of hydrogen-bond acceptors (Lipinski definition) is 4. The molecule has 5 rings (SSSR count). The Kier molecular flexibility index (Phi) is 4.65. The number of aromatic hydroxyl groups is 1. The van der Waals surface area contributed by atoms with Crippen LogP contribution >= 0.6 is 0 Å². The van der Waals surface area contributed by atoms with E-state index in [2.05, 4.69) is 24.5 Å². The van der Waals surface area contributed by atoms with E-state index in [1.165, 1.54) is 11.6 Å². The van der Waals surface area contributed by atoms with Gasteiger partial charge in [-0.15, -0.1) is 0 Å². The first-order valence-corrected chi connectivity index (χ1v) is 10.9. The molecule has 0 saturated heterocycles. The van der Waals surface area contributed by atoms with Gasteiger partial charge in [-0.05, 0) is 50.1 Å². The van der Waals surface area contributed by atoms with Gasteiger partial charge in [0, 0.05) is 14.1 Å². The molecule has 33 heavy (non-hydrogen) atoms. The highest BCUT2D eigenvalue weighted by Crippen LogP contribution is 2.45. The number of hydrogen-bond donors (Lipinski definition) is 1. The minimum atomic E-state index is -0.552. The third kappa shape index (κ3) is 3.07. The maximum Gasteiger partial charge on any atom is 0.331 e. The van der Waals surface area contributed by atoms with Crippen molar-refractivity contribution in [3.05, 3.63) is 86.2 Å². The van der Waals surface area contributed by atoms with Crippen LogP contribution in [0.25, 0.3) is 22.2 Å². The van der Waals surface area contributed by atoms with E-state index in [0.29, 0.717) is 17.5 Å². The Labute approximate surface area is 191 Å². The maximum absolute atomic E-state index is 13.6. The molecule has 0 spiro atoms. The van der Waals surface area contributed by atoms with E-state index >= 15 is 0 Å². The summed E-state index contributed by atoms with van der Waals surface area (Å²) in [6.45, 7) is 6.55. The van der Waals surface area contributed by atoms with Crippen molar-refractivity contribution in [1.29, 1.82) is 0 Å². The van der Waals surface area contributed by atoms with Gasteiger partial charge >= 0.3 is 5.69 Å². The monoisotopic (exact) mass is 445 g/mol. The predicted octanol–water partition coefficient (Wildman–Crippen LogP) is 3.57.